The summed E-state index contributed by atoms with van der Waals surface area (Å²) in [4.78, 5) is 21.6. The average molecular weight is 261 g/mol. The van der Waals surface area contributed by atoms with Gasteiger partial charge in [0.2, 0.25) is 0 Å². The van der Waals surface area contributed by atoms with Gasteiger partial charge in [0.15, 0.2) is 17.5 Å². The molecule has 7 heteroatoms. The number of carbonyl (C=O) groups is 2. The molecule has 0 spiro atoms. The van der Waals surface area contributed by atoms with E-state index in [0.29, 0.717) is 12.1 Å². The molecular weight excluding hydrogens is 251 g/mol. The Balaban J connectivity index is 2.59. The molecule has 1 amide bonds. The van der Waals surface area contributed by atoms with E-state index in [-0.39, 0.29) is 24.9 Å². The van der Waals surface area contributed by atoms with Gasteiger partial charge in [-0.15, -0.1) is 0 Å². The molecule has 0 aliphatic heterocycles. The monoisotopic (exact) mass is 261 g/mol. The molecule has 0 heterocycles. The maximum Gasteiger partial charge on any atom is 0.303 e. The molecule has 18 heavy (non-hydrogen) atoms. The van der Waals surface area contributed by atoms with Crippen molar-refractivity contribution in [1.82, 2.24) is 5.32 Å². The first-order valence-corrected chi connectivity index (χ1v) is 5.06. The topological polar surface area (TPSA) is 66.4 Å². The van der Waals surface area contributed by atoms with Crippen molar-refractivity contribution in [3.8, 4) is 0 Å². The minimum atomic E-state index is -1.64. The molecule has 4 nitrogen and oxygen atoms in total. The van der Waals surface area contributed by atoms with E-state index in [1.807, 2.05) is 0 Å². The number of nitrogens with one attached hydrogen (secondary N) is 1. The molecule has 1 rings (SSSR count). The van der Waals surface area contributed by atoms with E-state index >= 15 is 0 Å². The summed E-state index contributed by atoms with van der Waals surface area (Å²) in [6.45, 7) is 0.0474. The molecule has 98 valence electrons. The van der Waals surface area contributed by atoms with Gasteiger partial charge in [-0.3, -0.25) is 9.59 Å². The summed E-state index contributed by atoms with van der Waals surface area (Å²) in [6.07, 6.45) is 0.0552. The van der Waals surface area contributed by atoms with E-state index in [1.54, 1.807) is 0 Å². The average Bonchev–Trinajstić information content (AvgIpc) is 2.30. The van der Waals surface area contributed by atoms with Crippen molar-refractivity contribution in [3.63, 3.8) is 0 Å². The van der Waals surface area contributed by atoms with Crippen LogP contribution in [0.2, 0.25) is 0 Å². The normalized spacial score (nSPS) is 10.2. The number of carboxylic acid groups (broad SMARTS) is 1. The van der Waals surface area contributed by atoms with Gasteiger partial charge in [0.05, 0.1) is 0 Å². The van der Waals surface area contributed by atoms with E-state index in [9.17, 15) is 22.8 Å². The summed E-state index contributed by atoms with van der Waals surface area (Å²) in [6, 6.07) is 1.15. The van der Waals surface area contributed by atoms with E-state index in [4.69, 9.17) is 5.11 Å². The van der Waals surface area contributed by atoms with Crippen molar-refractivity contribution in [1.29, 1.82) is 0 Å². The van der Waals surface area contributed by atoms with Crippen molar-refractivity contribution in [3.05, 3.63) is 35.1 Å². The number of carboxylic acids is 1. The summed E-state index contributed by atoms with van der Waals surface area (Å²) in [5.41, 5.74) is -0.360. The molecule has 0 bridgehead atoms. The fraction of sp³-hybridized carbons (Fsp3) is 0.273. The van der Waals surface area contributed by atoms with Gasteiger partial charge in [-0.1, -0.05) is 0 Å². The van der Waals surface area contributed by atoms with Gasteiger partial charge in [0.25, 0.3) is 5.91 Å². The van der Waals surface area contributed by atoms with Crippen LogP contribution in [0.3, 0.4) is 0 Å². The van der Waals surface area contributed by atoms with Gasteiger partial charge in [-0.25, -0.2) is 13.2 Å². The van der Waals surface area contributed by atoms with Crippen molar-refractivity contribution in [2.45, 2.75) is 12.8 Å². The molecule has 0 aromatic heterocycles. The summed E-state index contributed by atoms with van der Waals surface area (Å²) in [5.74, 6) is -6.35. The van der Waals surface area contributed by atoms with Gasteiger partial charge in [-0.05, 0) is 18.6 Å². The number of carbonyl (C=O) groups excluding carboxylic acids is 1. The second-order valence-electron chi connectivity index (χ2n) is 3.51. The highest BCUT2D eigenvalue weighted by atomic mass is 19.2. The Morgan fingerprint density at radius 1 is 1.17 bits per heavy atom. The summed E-state index contributed by atoms with van der Waals surface area (Å²) in [7, 11) is 0. The second kappa shape index (κ2) is 6.04. The van der Waals surface area contributed by atoms with Crippen LogP contribution in [-0.4, -0.2) is 23.5 Å². The third kappa shape index (κ3) is 3.76. The van der Waals surface area contributed by atoms with Crippen LogP contribution in [-0.2, 0) is 4.79 Å². The Bertz CT molecular complexity index is 454. The first kappa shape index (κ1) is 14.0. The van der Waals surface area contributed by atoms with Crippen molar-refractivity contribution in [2.24, 2.45) is 0 Å². The molecular formula is C11H10F3NO3. The van der Waals surface area contributed by atoms with E-state index in [2.05, 4.69) is 5.32 Å². The first-order chi connectivity index (χ1) is 8.41. The lowest BCUT2D eigenvalue weighted by Crippen LogP contribution is -2.25. The molecule has 0 radical (unpaired) electrons. The van der Waals surface area contributed by atoms with Crippen LogP contribution >= 0.6 is 0 Å². The number of benzene rings is 1. The quantitative estimate of drug-likeness (QED) is 0.626. The van der Waals surface area contributed by atoms with Crippen LogP contribution in [0.4, 0.5) is 13.2 Å². The predicted octanol–water partition coefficient (Wildman–Crippen LogP) is 1.70. The lowest BCUT2D eigenvalue weighted by Gasteiger charge is -2.05. The van der Waals surface area contributed by atoms with Crippen LogP contribution in [0, 0.1) is 17.5 Å². The van der Waals surface area contributed by atoms with Crippen LogP contribution < -0.4 is 5.32 Å². The number of rotatable bonds is 5. The lowest BCUT2D eigenvalue weighted by atomic mass is 10.2. The van der Waals surface area contributed by atoms with Crippen molar-refractivity contribution >= 4 is 11.9 Å². The number of hydrogen-bond donors (Lipinski definition) is 2. The third-order valence-corrected chi connectivity index (χ3v) is 2.10. The van der Waals surface area contributed by atoms with E-state index < -0.39 is 29.3 Å². The van der Waals surface area contributed by atoms with Crippen LogP contribution in [0.25, 0.3) is 0 Å². The number of amides is 1. The molecule has 0 atom stereocenters. The molecule has 0 saturated carbocycles. The fourth-order valence-corrected chi connectivity index (χ4v) is 1.23. The Hall–Kier alpha value is -2.05. The molecule has 2 N–H and O–H groups in total. The maximum absolute atomic E-state index is 12.8. The van der Waals surface area contributed by atoms with Gasteiger partial charge in [0, 0.05) is 18.5 Å². The van der Waals surface area contributed by atoms with Gasteiger partial charge < -0.3 is 10.4 Å². The maximum atomic E-state index is 12.8. The van der Waals surface area contributed by atoms with Crippen molar-refractivity contribution < 1.29 is 27.9 Å². The molecule has 0 aliphatic carbocycles. The zero-order valence-corrected chi connectivity index (χ0v) is 9.17. The summed E-state index contributed by atoms with van der Waals surface area (Å²) >= 11 is 0. The zero-order valence-electron chi connectivity index (χ0n) is 9.17. The van der Waals surface area contributed by atoms with E-state index in [1.165, 1.54) is 0 Å². The number of aliphatic carboxylic acids is 1. The highest BCUT2D eigenvalue weighted by Gasteiger charge is 2.14. The van der Waals surface area contributed by atoms with Crippen molar-refractivity contribution in [2.75, 3.05) is 6.54 Å². The minimum absolute atomic E-state index is 0.0474. The smallest absolute Gasteiger partial charge is 0.303 e. The molecule has 0 aliphatic rings. The number of hydrogen-bond acceptors (Lipinski definition) is 2. The van der Waals surface area contributed by atoms with Crippen LogP contribution in [0.15, 0.2) is 12.1 Å². The van der Waals surface area contributed by atoms with Gasteiger partial charge in [0.1, 0.15) is 0 Å². The Kier molecular flexibility index (Phi) is 4.70. The molecule has 0 saturated heterocycles. The zero-order chi connectivity index (χ0) is 13.7. The Labute approximate surface area is 100 Å². The standard InChI is InChI=1S/C11H10F3NO3/c12-7-4-6(5-8(13)10(7)14)11(18)15-3-1-2-9(16)17/h4-5H,1-3H2,(H,15,18)(H,16,17). The SMILES string of the molecule is O=C(O)CCCNC(=O)c1cc(F)c(F)c(F)c1. The molecule has 1 aromatic carbocycles. The largest absolute Gasteiger partial charge is 0.481 e. The summed E-state index contributed by atoms with van der Waals surface area (Å²) < 4.78 is 38.3. The minimum Gasteiger partial charge on any atom is -0.481 e. The second-order valence-corrected chi connectivity index (χ2v) is 3.51. The lowest BCUT2D eigenvalue weighted by molar-refractivity contribution is -0.137. The number of halogens is 3. The third-order valence-electron chi connectivity index (χ3n) is 2.10. The first-order valence-electron chi connectivity index (χ1n) is 5.06. The molecule has 0 unspecified atom stereocenters. The molecule has 1 aromatic rings. The van der Waals surface area contributed by atoms with Gasteiger partial charge >= 0.3 is 5.97 Å². The Morgan fingerprint density at radius 3 is 2.22 bits per heavy atom. The van der Waals surface area contributed by atoms with Crippen LogP contribution in [0.1, 0.15) is 23.2 Å². The highest BCUT2D eigenvalue weighted by Crippen LogP contribution is 2.13. The van der Waals surface area contributed by atoms with E-state index in [0.717, 1.165) is 0 Å². The molecule has 0 fully saturated rings. The van der Waals surface area contributed by atoms with Crippen LogP contribution in [0.5, 0.6) is 0 Å². The highest BCUT2D eigenvalue weighted by molar-refractivity contribution is 5.94. The fourth-order valence-electron chi connectivity index (χ4n) is 1.23. The Morgan fingerprint density at radius 2 is 1.72 bits per heavy atom. The van der Waals surface area contributed by atoms with Gasteiger partial charge in [-0.2, -0.15) is 0 Å². The summed E-state index contributed by atoms with van der Waals surface area (Å²) in [5, 5.41) is 10.6. The predicted molar refractivity (Wildman–Crippen MR) is 55.5 cm³/mol.